The highest BCUT2D eigenvalue weighted by Crippen LogP contribution is 2.45. The average molecular weight is 551 g/mol. The number of aromatic hydroxyl groups is 2. The van der Waals surface area contributed by atoms with Crippen molar-refractivity contribution in [3.8, 4) is 23.0 Å². The Morgan fingerprint density at radius 1 is 0.667 bits per heavy atom. The molecule has 3 aromatic carbocycles. The fourth-order valence-corrected chi connectivity index (χ4v) is 4.77. The second kappa shape index (κ2) is 17.5. The number of hydrogen-bond donors (Lipinski definition) is 2. The van der Waals surface area contributed by atoms with Gasteiger partial charge in [-0.15, -0.1) is 0 Å². The molecule has 0 aliphatic heterocycles. The topological polar surface area (TPSA) is 74.4 Å². The van der Waals surface area contributed by atoms with Gasteiger partial charge in [0.05, 0.1) is 11.4 Å². The van der Waals surface area contributed by atoms with Gasteiger partial charge in [0.2, 0.25) is 0 Å². The molecule has 0 fully saturated rings. The van der Waals surface area contributed by atoms with Gasteiger partial charge in [-0.25, -0.2) is 0 Å². The van der Waals surface area contributed by atoms with Gasteiger partial charge >= 0.3 is 0 Å². The SMILES string of the molecule is CCCCCCCCCCCCCCCc1cc(O)c(Cl)c(Oc2ccc(/N=N/c3ccccc3)cc2)c1O. The van der Waals surface area contributed by atoms with Gasteiger partial charge in [-0.2, -0.15) is 10.2 Å². The van der Waals surface area contributed by atoms with Crippen molar-refractivity contribution in [2.24, 2.45) is 10.2 Å². The van der Waals surface area contributed by atoms with Crippen LogP contribution in [0, 0.1) is 0 Å². The van der Waals surface area contributed by atoms with Crippen LogP contribution in [0.5, 0.6) is 23.0 Å². The van der Waals surface area contributed by atoms with E-state index in [1.54, 1.807) is 24.3 Å². The molecular weight excluding hydrogens is 508 g/mol. The first-order valence-electron chi connectivity index (χ1n) is 14.6. The number of hydrogen-bond acceptors (Lipinski definition) is 5. The van der Waals surface area contributed by atoms with E-state index >= 15 is 0 Å². The number of nitrogens with zero attached hydrogens (tertiary/aromatic N) is 2. The Kier molecular flexibility index (Phi) is 13.7. The quantitative estimate of drug-likeness (QED) is 0.0939. The van der Waals surface area contributed by atoms with Crippen molar-refractivity contribution in [1.29, 1.82) is 0 Å². The van der Waals surface area contributed by atoms with Crippen LogP contribution in [0.2, 0.25) is 5.02 Å². The summed E-state index contributed by atoms with van der Waals surface area (Å²) in [6.07, 6.45) is 17.3. The number of benzene rings is 3. The van der Waals surface area contributed by atoms with Gasteiger partial charge < -0.3 is 14.9 Å². The molecule has 3 rings (SSSR count). The monoisotopic (exact) mass is 550 g/mol. The molecule has 6 heteroatoms. The van der Waals surface area contributed by atoms with E-state index in [0.29, 0.717) is 23.4 Å². The number of unbranched alkanes of at least 4 members (excludes halogenated alkanes) is 12. The number of rotatable bonds is 18. The maximum atomic E-state index is 10.9. The Labute approximate surface area is 238 Å². The van der Waals surface area contributed by atoms with Gasteiger partial charge in [0.15, 0.2) is 11.5 Å². The molecule has 0 amide bonds. The van der Waals surface area contributed by atoms with Crippen molar-refractivity contribution >= 4 is 23.0 Å². The van der Waals surface area contributed by atoms with Crippen molar-refractivity contribution in [3.63, 3.8) is 0 Å². The van der Waals surface area contributed by atoms with Gasteiger partial charge in [-0.1, -0.05) is 114 Å². The molecule has 0 saturated carbocycles. The van der Waals surface area contributed by atoms with Gasteiger partial charge in [0.25, 0.3) is 0 Å². The van der Waals surface area contributed by atoms with Crippen LogP contribution in [0.4, 0.5) is 11.4 Å². The maximum absolute atomic E-state index is 10.9. The van der Waals surface area contributed by atoms with Crippen LogP contribution in [0.15, 0.2) is 70.9 Å². The zero-order chi connectivity index (χ0) is 27.7. The van der Waals surface area contributed by atoms with Crippen molar-refractivity contribution < 1.29 is 14.9 Å². The fourth-order valence-electron chi connectivity index (χ4n) is 4.59. The molecule has 0 aliphatic rings. The Hall–Kier alpha value is -3.05. The molecule has 0 spiro atoms. The number of phenols is 2. The van der Waals surface area contributed by atoms with Gasteiger partial charge in [0, 0.05) is 5.56 Å². The minimum Gasteiger partial charge on any atom is -0.506 e. The smallest absolute Gasteiger partial charge is 0.191 e. The molecule has 3 aromatic rings. The Balaban J connectivity index is 1.42. The zero-order valence-corrected chi connectivity index (χ0v) is 24.0. The third kappa shape index (κ3) is 10.9. The summed E-state index contributed by atoms with van der Waals surface area (Å²) in [7, 11) is 0. The highest BCUT2D eigenvalue weighted by molar-refractivity contribution is 6.33. The van der Waals surface area contributed by atoms with Crippen LogP contribution in [-0.4, -0.2) is 10.2 Å². The molecular formula is C33H43ClN2O3. The molecule has 210 valence electrons. The molecule has 0 aromatic heterocycles. The van der Waals surface area contributed by atoms with Crippen LogP contribution in [0.3, 0.4) is 0 Å². The Morgan fingerprint density at radius 2 is 1.18 bits per heavy atom. The first-order chi connectivity index (χ1) is 19.1. The summed E-state index contributed by atoms with van der Waals surface area (Å²) in [5.74, 6) is 0.426. The van der Waals surface area contributed by atoms with Gasteiger partial charge in [-0.3, -0.25) is 0 Å². The molecule has 0 atom stereocenters. The molecule has 39 heavy (non-hydrogen) atoms. The normalized spacial score (nSPS) is 11.3. The van der Waals surface area contributed by atoms with Crippen LogP contribution in [0.1, 0.15) is 96.0 Å². The van der Waals surface area contributed by atoms with E-state index in [2.05, 4.69) is 17.2 Å². The number of halogens is 1. The van der Waals surface area contributed by atoms with E-state index in [1.165, 1.54) is 76.7 Å². The molecule has 0 bridgehead atoms. The summed E-state index contributed by atoms with van der Waals surface area (Å²) in [4.78, 5) is 0. The van der Waals surface area contributed by atoms with Gasteiger partial charge in [-0.05, 0) is 55.3 Å². The second-order valence-electron chi connectivity index (χ2n) is 10.2. The minimum absolute atomic E-state index is 0.00513. The molecule has 0 heterocycles. The van der Waals surface area contributed by atoms with Crippen molar-refractivity contribution in [1.82, 2.24) is 0 Å². The highest BCUT2D eigenvalue weighted by atomic mass is 35.5. The summed E-state index contributed by atoms with van der Waals surface area (Å²) >= 11 is 6.29. The van der Waals surface area contributed by atoms with Crippen molar-refractivity contribution in [2.45, 2.75) is 96.8 Å². The van der Waals surface area contributed by atoms with E-state index in [0.717, 1.165) is 18.5 Å². The lowest BCUT2D eigenvalue weighted by molar-refractivity contribution is 0.398. The third-order valence-electron chi connectivity index (χ3n) is 6.90. The zero-order valence-electron chi connectivity index (χ0n) is 23.2. The van der Waals surface area contributed by atoms with E-state index in [-0.39, 0.29) is 22.3 Å². The number of aryl methyl sites for hydroxylation is 1. The first kappa shape index (κ1) is 30.5. The average Bonchev–Trinajstić information content (AvgIpc) is 2.96. The largest absolute Gasteiger partial charge is 0.506 e. The lowest BCUT2D eigenvalue weighted by Gasteiger charge is -2.14. The van der Waals surface area contributed by atoms with Crippen molar-refractivity contribution in [2.75, 3.05) is 0 Å². The Morgan fingerprint density at radius 3 is 1.74 bits per heavy atom. The first-order valence-corrected chi connectivity index (χ1v) is 14.9. The minimum atomic E-state index is -0.0950. The number of azo groups is 1. The lowest BCUT2D eigenvalue weighted by atomic mass is 10.0. The van der Waals surface area contributed by atoms with Crippen LogP contribution >= 0.6 is 11.6 Å². The Bertz CT molecular complexity index is 1130. The van der Waals surface area contributed by atoms with E-state index in [1.807, 2.05) is 30.3 Å². The molecule has 0 unspecified atom stereocenters. The van der Waals surface area contributed by atoms with E-state index in [4.69, 9.17) is 16.3 Å². The summed E-state index contributed by atoms with van der Waals surface area (Å²) in [5.41, 5.74) is 2.08. The summed E-state index contributed by atoms with van der Waals surface area (Å²) in [6.45, 7) is 2.26. The van der Waals surface area contributed by atoms with Crippen LogP contribution < -0.4 is 4.74 Å². The predicted octanol–water partition coefficient (Wildman–Crippen LogP) is 11.6. The molecule has 5 nitrogen and oxygen atoms in total. The predicted molar refractivity (Wildman–Crippen MR) is 161 cm³/mol. The summed E-state index contributed by atoms with van der Waals surface area (Å²) < 4.78 is 5.88. The van der Waals surface area contributed by atoms with Crippen LogP contribution in [-0.2, 0) is 6.42 Å². The number of phenolic OH excluding ortho intramolecular Hbond substituents is 2. The summed E-state index contributed by atoms with van der Waals surface area (Å²) in [5, 5.41) is 29.6. The second-order valence-corrected chi connectivity index (χ2v) is 10.5. The lowest BCUT2D eigenvalue weighted by Crippen LogP contribution is -1.93. The maximum Gasteiger partial charge on any atom is 0.191 e. The molecule has 0 aliphatic carbocycles. The van der Waals surface area contributed by atoms with E-state index in [9.17, 15) is 10.2 Å². The molecule has 0 saturated heterocycles. The summed E-state index contributed by atoms with van der Waals surface area (Å²) in [6, 6.07) is 18.0. The molecule has 2 N–H and O–H groups in total. The third-order valence-corrected chi connectivity index (χ3v) is 7.26. The van der Waals surface area contributed by atoms with E-state index < -0.39 is 0 Å². The molecule has 0 radical (unpaired) electrons. The highest BCUT2D eigenvalue weighted by Gasteiger charge is 2.18. The fraction of sp³-hybridized carbons (Fsp3) is 0.455. The number of ether oxygens (including phenoxy) is 1. The van der Waals surface area contributed by atoms with Crippen LogP contribution in [0.25, 0.3) is 0 Å². The standard InChI is InChI=1S/C33H43ClN2O3/c1-2-3-4-5-6-7-8-9-10-11-12-13-15-18-26-25-30(37)31(34)33(32(26)38)39-29-23-21-28(22-24-29)36-35-27-19-16-14-17-20-27/h14,16-17,19-25,37-38H,2-13,15,18H2,1H3/b36-35+. The van der Waals surface area contributed by atoms with Gasteiger partial charge in [0.1, 0.15) is 16.5 Å². The van der Waals surface area contributed by atoms with Crippen molar-refractivity contribution in [3.05, 3.63) is 71.2 Å².